The summed E-state index contributed by atoms with van der Waals surface area (Å²) in [6.07, 6.45) is -7.07. The molecule has 0 fully saturated rings. The topological polar surface area (TPSA) is 86.7 Å². The van der Waals surface area contributed by atoms with Crippen molar-refractivity contribution in [2.45, 2.75) is 63.8 Å². The maximum absolute atomic E-state index is 12.9. The van der Waals surface area contributed by atoms with E-state index in [0.29, 0.717) is 0 Å². The summed E-state index contributed by atoms with van der Waals surface area (Å²) in [5.41, 5.74) is -4.22. The Morgan fingerprint density at radius 2 is 1.17 bits per heavy atom. The van der Waals surface area contributed by atoms with Gasteiger partial charge in [0, 0.05) is 0 Å². The Balaban J connectivity index is 2.83. The van der Waals surface area contributed by atoms with Gasteiger partial charge in [-0.2, -0.15) is 30.0 Å². The molecule has 6 nitrogen and oxygen atoms in total. The Morgan fingerprint density at radius 1 is 0.826 bits per heavy atom. The molecule has 0 radical (unpaired) electrons. The molecule has 2 rings (SSSR count). The summed E-state index contributed by atoms with van der Waals surface area (Å²) in [5, 5.41) is 0. The van der Waals surface area contributed by atoms with Gasteiger partial charge in [-0.25, -0.2) is 0 Å². The fraction of sp³-hybridized carbons (Fsp3) is 0.833. The van der Waals surface area contributed by atoms with E-state index in [-0.39, 0.29) is 12.8 Å². The van der Waals surface area contributed by atoms with Crippen molar-refractivity contribution in [1.29, 1.82) is 0 Å². The van der Waals surface area contributed by atoms with Crippen LogP contribution in [-0.2, 0) is 28.6 Å². The van der Waals surface area contributed by atoms with Crippen molar-refractivity contribution in [2.24, 2.45) is 0 Å². The van der Waals surface area contributed by atoms with E-state index in [4.69, 9.17) is 8.37 Å². The molecule has 0 saturated heterocycles. The molecule has 0 aliphatic carbocycles. The molecule has 1 atom stereocenters. The molecule has 0 aromatic carbocycles. The third-order valence-corrected chi connectivity index (χ3v) is 7.63. The van der Waals surface area contributed by atoms with Crippen molar-refractivity contribution in [1.82, 2.24) is 0 Å². The summed E-state index contributed by atoms with van der Waals surface area (Å²) < 4.78 is 97.8. The molecule has 2 heterocycles. The van der Waals surface area contributed by atoms with Crippen LogP contribution < -0.4 is 0 Å². The van der Waals surface area contributed by atoms with E-state index in [1.54, 1.807) is 0 Å². The first-order valence-corrected chi connectivity index (χ1v) is 9.84. The van der Waals surface area contributed by atoms with Crippen LogP contribution in [0.4, 0.5) is 13.2 Å². The Morgan fingerprint density at radius 3 is 1.52 bits per heavy atom. The number of halogens is 3. The van der Waals surface area contributed by atoms with Crippen LogP contribution in [0.5, 0.6) is 0 Å². The van der Waals surface area contributed by atoms with Gasteiger partial charge < -0.3 is 0 Å². The molecule has 0 amide bonds. The zero-order valence-electron chi connectivity index (χ0n) is 12.7. The van der Waals surface area contributed by atoms with Gasteiger partial charge in [0.1, 0.15) is 21.0 Å². The van der Waals surface area contributed by atoms with Crippen LogP contribution in [0.2, 0.25) is 0 Å². The highest BCUT2D eigenvalue weighted by atomic mass is 32.2. The first kappa shape index (κ1) is 18.7. The van der Waals surface area contributed by atoms with Gasteiger partial charge in [-0.05, 0) is 19.3 Å². The lowest BCUT2D eigenvalue weighted by Gasteiger charge is -2.30. The van der Waals surface area contributed by atoms with Gasteiger partial charge in [-0.15, -0.1) is 0 Å². The van der Waals surface area contributed by atoms with Crippen LogP contribution >= 0.6 is 0 Å². The van der Waals surface area contributed by atoms with Crippen molar-refractivity contribution in [3.8, 4) is 0 Å². The first-order valence-electron chi connectivity index (χ1n) is 7.02. The fourth-order valence-electron chi connectivity index (χ4n) is 3.14. The third-order valence-electron chi connectivity index (χ3n) is 4.27. The van der Waals surface area contributed by atoms with E-state index >= 15 is 0 Å². The summed E-state index contributed by atoms with van der Waals surface area (Å²) >= 11 is 0. The minimum atomic E-state index is -4.81. The summed E-state index contributed by atoms with van der Waals surface area (Å²) in [7, 11) is -9.29. The Labute approximate surface area is 132 Å². The molecule has 0 saturated carbocycles. The van der Waals surface area contributed by atoms with Gasteiger partial charge in [0.15, 0.2) is 0 Å². The van der Waals surface area contributed by atoms with Crippen LogP contribution in [0.25, 0.3) is 0 Å². The Hall–Kier alpha value is -0.650. The minimum absolute atomic E-state index is 0.0318. The molecule has 0 bridgehead atoms. The zero-order valence-corrected chi connectivity index (χ0v) is 14.4. The van der Waals surface area contributed by atoms with Crippen molar-refractivity contribution < 1.29 is 38.4 Å². The largest absolute Gasteiger partial charge is 0.392 e. The number of rotatable bonds is 4. The predicted octanol–water partition coefficient (Wildman–Crippen LogP) is 2.58. The Kier molecular flexibility index (Phi) is 4.20. The second kappa shape index (κ2) is 5.17. The second-order valence-electron chi connectivity index (χ2n) is 5.57. The van der Waals surface area contributed by atoms with Gasteiger partial charge in [-0.1, -0.05) is 20.8 Å². The summed E-state index contributed by atoms with van der Waals surface area (Å²) in [6, 6.07) is 0. The van der Waals surface area contributed by atoms with E-state index in [1.807, 2.05) is 0 Å². The van der Waals surface area contributed by atoms with Crippen LogP contribution in [-0.4, -0.2) is 34.2 Å². The van der Waals surface area contributed by atoms with Crippen molar-refractivity contribution in [3.05, 3.63) is 9.81 Å². The van der Waals surface area contributed by atoms with E-state index in [0.717, 1.165) is 0 Å². The van der Waals surface area contributed by atoms with Crippen LogP contribution in [0.3, 0.4) is 0 Å². The standard InChI is InChI=1S/C12H17F3O6S2/c1-4-10(5-2)8-9(23(18,19)20-10)11(6-3,7-12(13,14)15)21-22(8,16)17/h4-7H2,1-3H3. The summed E-state index contributed by atoms with van der Waals surface area (Å²) in [5.74, 6) is 0. The van der Waals surface area contributed by atoms with Crippen LogP contribution in [0.1, 0.15) is 46.5 Å². The minimum Gasteiger partial charge on any atom is -0.254 e. The van der Waals surface area contributed by atoms with Gasteiger partial charge in [0.05, 0.1) is 6.42 Å². The van der Waals surface area contributed by atoms with Gasteiger partial charge in [0.25, 0.3) is 20.2 Å². The van der Waals surface area contributed by atoms with E-state index in [1.165, 1.54) is 20.8 Å². The predicted molar refractivity (Wildman–Crippen MR) is 74.0 cm³/mol. The van der Waals surface area contributed by atoms with E-state index < -0.39 is 60.3 Å². The van der Waals surface area contributed by atoms with E-state index in [9.17, 15) is 30.0 Å². The highest BCUT2D eigenvalue weighted by molar-refractivity contribution is 7.96. The number of alkyl halides is 3. The SMILES string of the molecule is CCC1(CC)OS(=O)(=O)C2=C1S(=O)(=O)OC2(CC)CC(F)(F)F. The third kappa shape index (κ3) is 2.71. The smallest absolute Gasteiger partial charge is 0.254 e. The van der Waals surface area contributed by atoms with Gasteiger partial charge in [-0.3, -0.25) is 8.37 Å². The molecule has 2 aliphatic heterocycles. The van der Waals surface area contributed by atoms with Gasteiger partial charge >= 0.3 is 6.18 Å². The lowest BCUT2D eigenvalue weighted by molar-refractivity contribution is -0.161. The highest BCUT2D eigenvalue weighted by Gasteiger charge is 2.67. The van der Waals surface area contributed by atoms with Crippen LogP contribution in [0.15, 0.2) is 9.81 Å². The molecule has 0 aromatic rings. The van der Waals surface area contributed by atoms with Crippen molar-refractivity contribution >= 4 is 20.2 Å². The Bertz CT molecular complexity index is 734. The number of hydrogen-bond acceptors (Lipinski definition) is 6. The molecule has 0 aromatic heterocycles. The van der Waals surface area contributed by atoms with Crippen molar-refractivity contribution in [3.63, 3.8) is 0 Å². The lowest BCUT2D eigenvalue weighted by Crippen LogP contribution is -2.40. The zero-order chi connectivity index (χ0) is 17.9. The maximum atomic E-state index is 12.9. The maximum Gasteiger partial charge on any atom is 0.392 e. The summed E-state index contributed by atoms with van der Waals surface area (Å²) in [4.78, 5) is -1.57. The molecule has 0 spiro atoms. The van der Waals surface area contributed by atoms with Crippen LogP contribution in [0, 0.1) is 0 Å². The second-order valence-corrected chi connectivity index (χ2v) is 8.54. The van der Waals surface area contributed by atoms with Gasteiger partial charge in [0.2, 0.25) is 0 Å². The lowest BCUT2D eigenvalue weighted by atomic mass is 9.89. The average Bonchev–Trinajstić information content (AvgIpc) is 2.78. The normalized spacial score (nSPS) is 31.4. The molecule has 23 heavy (non-hydrogen) atoms. The first-order chi connectivity index (χ1) is 10.3. The molecule has 134 valence electrons. The number of hydrogen-bond donors (Lipinski definition) is 0. The molecule has 0 N–H and O–H groups in total. The monoisotopic (exact) mass is 378 g/mol. The fourth-order valence-corrected chi connectivity index (χ4v) is 7.77. The summed E-state index contributed by atoms with van der Waals surface area (Å²) in [6.45, 7) is 4.24. The molecule has 2 aliphatic rings. The average molecular weight is 378 g/mol. The molecule has 11 heteroatoms. The molecular weight excluding hydrogens is 361 g/mol. The van der Waals surface area contributed by atoms with E-state index in [2.05, 4.69) is 0 Å². The molecule has 1 unspecified atom stereocenters. The highest BCUT2D eigenvalue weighted by Crippen LogP contribution is 2.57. The molecular formula is C12H17F3O6S2. The van der Waals surface area contributed by atoms with Crippen molar-refractivity contribution in [2.75, 3.05) is 0 Å². The quantitative estimate of drug-likeness (QED) is 0.699.